The van der Waals surface area contributed by atoms with E-state index in [4.69, 9.17) is 10.5 Å². The van der Waals surface area contributed by atoms with Crippen molar-refractivity contribution in [3.05, 3.63) is 29.6 Å². The molecule has 0 bridgehead atoms. The van der Waals surface area contributed by atoms with Crippen molar-refractivity contribution in [1.82, 2.24) is 5.32 Å². The monoisotopic (exact) mass is 252 g/mol. The van der Waals surface area contributed by atoms with E-state index in [2.05, 4.69) is 19.2 Å². The second kappa shape index (κ2) is 4.86. The first-order chi connectivity index (χ1) is 8.45. The van der Waals surface area contributed by atoms with Crippen LogP contribution in [0.5, 0.6) is 0 Å². The Morgan fingerprint density at radius 2 is 2.22 bits per heavy atom. The van der Waals surface area contributed by atoms with Crippen LogP contribution in [0.4, 0.5) is 10.1 Å². The van der Waals surface area contributed by atoms with E-state index in [0.29, 0.717) is 18.7 Å². The summed E-state index contributed by atoms with van der Waals surface area (Å²) in [4.78, 5) is 0. The molecule has 0 radical (unpaired) electrons. The summed E-state index contributed by atoms with van der Waals surface area (Å²) in [6.07, 6.45) is 1.30. The average molecular weight is 252 g/mol. The topological polar surface area (TPSA) is 47.3 Å². The molecule has 0 amide bonds. The zero-order valence-corrected chi connectivity index (χ0v) is 11.2. The molecule has 1 fully saturated rings. The first-order valence-corrected chi connectivity index (χ1v) is 6.25. The van der Waals surface area contributed by atoms with E-state index in [9.17, 15) is 4.39 Å². The molecule has 0 saturated heterocycles. The van der Waals surface area contributed by atoms with E-state index in [1.165, 1.54) is 6.07 Å². The first kappa shape index (κ1) is 13.3. The number of nitrogens with one attached hydrogen (secondary N) is 1. The maximum Gasteiger partial charge on any atom is 0.146 e. The highest BCUT2D eigenvalue weighted by molar-refractivity contribution is 5.41. The lowest BCUT2D eigenvalue weighted by Gasteiger charge is -2.51. The second-order valence-electron chi connectivity index (χ2n) is 5.57. The van der Waals surface area contributed by atoms with E-state index in [0.717, 1.165) is 12.0 Å². The molecule has 2 atom stereocenters. The van der Waals surface area contributed by atoms with Gasteiger partial charge in [0.05, 0.1) is 11.8 Å². The molecule has 0 aromatic heterocycles. The van der Waals surface area contributed by atoms with E-state index in [1.54, 1.807) is 13.2 Å². The fourth-order valence-electron chi connectivity index (χ4n) is 2.55. The molecule has 1 aromatic carbocycles. The lowest BCUT2D eigenvalue weighted by molar-refractivity contribution is -0.0979. The summed E-state index contributed by atoms with van der Waals surface area (Å²) in [6.45, 7) is 5.03. The van der Waals surface area contributed by atoms with Crippen LogP contribution in [0.2, 0.25) is 0 Å². The Morgan fingerprint density at radius 3 is 2.78 bits per heavy atom. The van der Waals surface area contributed by atoms with Crippen LogP contribution in [0.3, 0.4) is 0 Å². The van der Waals surface area contributed by atoms with Gasteiger partial charge in [-0.15, -0.1) is 0 Å². The molecule has 2 unspecified atom stereocenters. The lowest BCUT2D eigenvalue weighted by Crippen LogP contribution is -2.60. The second-order valence-corrected chi connectivity index (χ2v) is 5.57. The molecule has 3 N–H and O–H groups in total. The minimum absolute atomic E-state index is 0.126. The van der Waals surface area contributed by atoms with Gasteiger partial charge < -0.3 is 15.8 Å². The molecular formula is C14H21FN2O. The molecule has 4 heteroatoms. The van der Waals surface area contributed by atoms with Gasteiger partial charge in [-0.2, -0.15) is 0 Å². The fourth-order valence-corrected chi connectivity index (χ4v) is 2.55. The number of ether oxygens (including phenoxy) is 1. The third kappa shape index (κ3) is 2.35. The molecule has 0 heterocycles. The van der Waals surface area contributed by atoms with E-state index >= 15 is 0 Å². The van der Waals surface area contributed by atoms with Gasteiger partial charge in [-0.25, -0.2) is 4.39 Å². The number of nitrogens with two attached hydrogens (primary N) is 1. The Labute approximate surface area is 108 Å². The molecular weight excluding hydrogens is 231 g/mol. The maximum atomic E-state index is 13.3. The Bertz CT molecular complexity index is 434. The van der Waals surface area contributed by atoms with Crippen LogP contribution in [-0.4, -0.2) is 19.3 Å². The Morgan fingerprint density at radius 1 is 1.50 bits per heavy atom. The number of hydrogen-bond acceptors (Lipinski definition) is 3. The number of nitrogen functional groups attached to an aromatic ring is 1. The van der Waals surface area contributed by atoms with Crippen LogP contribution in [0, 0.1) is 11.2 Å². The van der Waals surface area contributed by atoms with Gasteiger partial charge >= 0.3 is 0 Å². The van der Waals surface area contributed by atoms with Crippen molar-refractivity contribution in [1.29, 1.82) is 0 Å². The smallest absolute Gasteiger partial charge is 0.146 e. The lowest BCUT2D eigenvalue weighted by atomic mass is 9.64. The largest absolute Gasteiger partial charge is 0.396 e. The van der Waals surface area contributed by atoms with Gasteiger partial charge in [0.15, 0.2) is 0 Å². The summed E-state index contributed by atoms with van der Waals surface area (Å²) in [5, 5.41) is 3.45. The third-order valence-electron chi connectivity index (χ3n) is 4.08. The zero-order chi connectivity index (χ0) is 13.3. The highest BCUT2D eigenvalue weighted by Crippen LogP contribution is 2.42. The predicted molar refractivity (Wildman–Crippen MR) is 70.6 cm³/mol. The summed E-state index contributed by atoms with van der Waals surface area (Å²) in [5.41, 5.74) is 6.69. The molecule has 100 valence electrons. The standard InChI is InChI=1S/C14H21FN2O/c1-14(2)12(7-13(14)18-3)17-8-9-4-5-11(16)10(15)6-9/h4-6,12-13,17H,7-8,16H2,1-3H3. The Hall–Kier alpha value is -1.13. The molecule has 1 aliphatic carbocycles. The van der Waals surface area contributed by atoms with Crippen molar-refractivity contribution in [2.24, 2.45) is 5.41 Å². The normalized spacial score (nSPS) is 25.8. The number of hydrogen-bond donors (Lipinski definition) is 2. The van der Waals surface area contributed by atoms with Gasteiger partial charge in [-0.1, -0.05) is 19.9 Å². The van der Waals surface area contributed by atoms with Crippen LogP contribution in [0.25, 0.3) is 0 Å². The van der Waals surface area contributed by atoms with Crippen LogP contribution < -0.4 is 11.1 Å². The average Bonchev–Trinajstić information content (AvgIpc) is 2.32. The molecule has 3 nitrogen and oxygen atoms in total. The maximum absolute atomic E-state index is 13.3. The van der Waals surface area contributed by atoms with Crippen LogP contribution in [0.1, 0.15) is 25.8 Å². The number of anilines is 1. The highest BCUT2D eigenvalue weighted by atomic mass is 19.1. The summed E-state index contributed by atoms with van der Waals surface area (Å²) in [5.74, 6) is -0.350. The van der Waals surface area contributed by atoms with Gasteiger partial charge in [-0.05, 0) is 24.1 Å². The minimum Gasteiger partial charge on any atom is -0.396 e. The van der Waals surface area contributed by atoms with Crippen molar-refractivity contribution in [3.8, 4) is 0 Å². The Kier molecular flexibility index (Phi) is 3.59. The van der Waals surface area contributed by atoms with Gasteiger partial charge in [0, 0.05) is 25.1 Å². The van der Waals surface area contributed by atoms with Crippen LogP contribution in [-0.2, 0) is 11.3 Å². The molecule has 18 heavy (non-hydrogen) atoms. The quantitative estimate of drug-likeness (QED) is 0.808. The highest BCUT2D eigenvalue weighted by Gasteiger charge is 2.48. The molecule has 1 saturated carbocycles. The predicted octanol–water partition coefficient (Wildman–Crippen LogP) is 2.31. The molecule has 0 spiro atoms. The number of rotatable bonds is 4. The summed E-state index contributed by atoms with van der Waals surface area (Å²) in [7, 11) is 1.75. The fraction of sp³-hybridized carbons (Fsp3) is 0.571. The van der Waals surface area contributed by atoms with E-state index in [-0.39, 0.29) is 16.9 Å². The Balaban J connectivity index is 1.91. The van der Waals surface area contributed by atoms with Gasteiger partial charge in [0.2, 0.25) is 0 Å². The molecule has 0 aliphatic heterocycles. The van der Waals surface area contributed by atoms with Crippen molar-refractivity contribution in [2.75, 3.05) is 12.8 Å². The minimum atomic E-state index is -0.350. The van der Waals surface area contributed by atoms with Crippen molar-refractivity contribution in [2.45, 2.75) is 39.0 Å². The number of benzene rings is 1. The van der Waals surface area contributed by atoms with E-state index < -0.39 is 0 Å². The molecule has 1 aromatic rings. The van der Waals surface area contributed by atoms with Crippen LogP contribution >= 0.6 is 0 Å². The van der Waals surface area contributed by atoms with Crippen molar-refractivity contribution < 1.29 is 9.13 Å². The third-order valence-corrected chi connectivity index (χ3v) is 4.08. The zero-order valence-electron chi connectivity index (χ0n) is 11.2. The summed E-state index contributed by atoms with van der Waals surface area (Å²) in [6, 6.07) is 5.35. The SMILES string of the molecule is COC1CC(NCc2ccc(N)c(F)c2)C1(C)C. The van der Waals surface area contributed by atoms with Gasteiger partial charge in [0.25, 0.3) is 0 Å². The van der Waals surface area contributed by atoms with Crippen molar-refractivity contribution >= 4 is 5.69 Å². The van der Waals surface area contributed by atoms with Crippen molar-refractivity contribution in [3.63, 3.8) is 0 Å². The summed E-state index contributed by atoms with van der Waals surface area (Å²) < 4.78 is 18.7. The first-order valence-electron chi connectivity index (χ1n) is 6.25. The van der Waals surface area contributed by atoms with Gasteiger partial charge in [0.1, 0.15) is 5.82 Å². The van der Waals surface area contributed by atoms with E-state index in [1.807, 2.05) is 6.07 Å². The van der Waals surface area contributed by atoms with Gasteiger partial charge in [-0.3, -0.25) is 0 Å². The molecule has 1 aliphatic rings. The van der Waals surface area contributed by atoms with Crippen LogP contribution in [0.15, 0.2) is 18.2 Å². The number of methoxy groups -OCH3 is 1. The summed E-state index contributed by atoms with van der Waals surface area (Å²) >= 11 is 0. The molecule has 2 rings (SSSR count). The number of halogens is 1.